The molecule has 3 aromatic heterocycles. The summed E-state index contributed by atoms with van der Waals surface area (Å²) < 4.78 is 0.942. The van der Waals surface area contributed by atoms with Gasteiger partial charge in [-0.3, -0.25) is 4.98 Å². The number of fused-ring (bicyclic) bond motifs is 1. The average Bonchev–Trinajstić information content (AvgIpc) is 3.08. The van der Waals surface area contributed by atoms with Gasteiger partial charge in [0.25, 0.3) is 0 Å². The maximum atomic E-state index is 6.32. The predicted molar refractivity (Wildman–Crippen MR) is 112 cm³/mol. The van der Waals surface area contributed by atoms with Gasteiger partial charge >= 0.3 is 0 Å². The van der Waals surface area contributed by atoms with Gasteiger partial charge in [0.15, 0.2) is 5.82 Å². The summed E-state index contributed by atoms with van der Waals surface area (Å²) in [5.74, 6) is 1.38. The second kappa shape index (κ2) is 7.69. The molecule has 27 heavy (non-hydrogen) atoms. The largest absolute Gasteiger partial charge is 0.396 e. The van der Waals surface area contributed by atoms with Gasteiger partial charge in [-0.05, 0) is 24.1 Å². The van der Waals surface area contributed by atoms with Crippen LogP contribution in [0.5, 0.6) is 0 Å². The monoisotopic (exact) mass is 376 g/mol. The molecule has 0 bridgehead atoms. The summed E-state index contributed by atoms with van der Waals surface area (Å²) in [6.07, 6.45) is 4.25. The molecule has 0 aliphatic rings. The van der Waals surface area contributed by atoms with Crippen molar-refractivity contribution in [3.63, 3.8) is 0 Å². The van der Waals surface area contributed by atoms with Crippen molar-refractivity contribution in [1.29, 1.82) is 0 Å². The second-order valence-corrected chi connectivity index (χ2v) is 7.21. The predicted octanol–water partition coefficient (Wildman–Crippen LogP) is 3.32. The van der Waals surface area contributed by atoms with Gasteiger partial charge in [0.1, 0.15) is 11.3 Å². The molecule has 0 radical (unpaired) electrons. The number of hydrogen-bond donors (Lipinski definition) is 3. The molecule has 0 aliphatic heterocycles. The van der Waals surface area contributed by atoms with Gasteiger partial charge in [-0.15, -0.1) is 11.3 Å². The molecule has 0 aliphatic carbocycles. The van der Waals surface area contributed by atoms with Gasteiger partial charge in [-0.2, -0.15) is 0 Å². The molecule has 4 rings (SSSR count). The highest BCUT2D eigenvalue weighted by Gasteiger charge is 2.14. The van der Waals surface area contributed by atoms with Crippen LogP contribution in [0.3, 0.4) is 0 Å². The van der Waals surface area contributed by atoms with E-state index >= 15 is 0 Å². The zero-order chi connectivity index (χ0) is 18.6. The Kier molecular flexibility index (Phi) is 4.95. The van der Waals surface area contributed by atoms with Gasteiger partial charge < -0.3 is 16.8 Å². The molecule has 1 atom stereocenters. The van der Waals surface area contributed by atoms with Crippen molar-refractivity contribution in [2.45, 2.75) is 12.5 Å². The van der Waals surface area contributed by atoms with Crippen LogP contribution in [0.1, 0.15) is 5.56 Å². The summed E-state index contributed by atoms with van der Waals surface area (Å²) in [5, 5.41) is 5.29. The minimum absolute atomic E-state index is 0.0286. The van der Waals surface area contributed by atoms with Gasteiger partial charge in [-0.1, -0.05) is 30.3 Å². The van der Waals surface area contributed by atoms with E-state index in [1.165, 1.54) is 16.9 Å². The number of aromatic nitrogens is 3. The van der Waals surface area contributed by atoms with E-state index < -0.39 is 0 Å². The highest BCUT2D eigenvalue weighted by atomic mass is 32.1. The first kappa shape index (κ1) is 17.4. The topological polar surface area (TPSA) is 103 Å². The van der Waals surface area contributed by atoms with Gasteiger partial charge in [0, 0.05) is 35.9 Å². The highest BCUT2D eigenvalue weighted by molar-refractivity contribution is 7.18. The molecule has 0 saturated carbocycles. The van der Waals surface area contributed by atoms with Crippen LogP contribution in [-0.4, -0.2) is 27.5 Å². The van der Waals surface area contributed by atoms with E-state index in [-0.39, 0.29) is 6.04 Å². The number of nitrogen functional groups attached to an aromatic ring is 1. The third-order valence-electron chi connectivity index (χ3n) is 4.25. The Balaban J connectivity index is 1.59. The maximum absolute atomic E-state index is 6.32. The van der Waals surface area contributed by atoms with Gasteiger partial charge in [-0.25, -0.2) is 9.97 Å². The Labute approximate surface area is 161 Å². The van der Waals surface area contributed by atoms with E-state index in [9.17, 15) is 0 Å². The molecular weight excluding hydrogens is 356 g/mol. The quantitative estimate of drug-likeness (QED) is 0.477. The van der Waals surface area contributed by atoms with Crippen LogP contribution in [-0.2, 0) is 6.42 Å². The Morgan fingerprint density at radius 2 is 1.81 bits per heavy atom. The molecule has 0 saturated heterocycles. The average molecular weight is 376 g/mol. The molecule has 1 aromatic carbocycles. The van der Waals surface area contributed by atoms with Crippen molar-refractivity contribution in [2.75, 3.05) is 17.6 Å². The van der Waals surface area contributed by atoms with Crippen LogP contribution in [0, 0.1) is 0 Å². The van der Waals surface area contributed by atoms with Crippen molar-refractivity contribution >= 4 is 33.1 Å². The van der Waals surface area contributed by atoms with Gasteiger partial charge in [0.2, 0.25) is 0 Å². The number of rotatable bonds is 6. The Morgan fingerprint density at radius 3 is 2.59 bits per heavy atom. The lowest BCUT2D eigenvalue weighted by atomic mass is 10.1. The number of nitrogens with two attached hydrogens (primary N) is 2. The normalized spacial score (nSPS) is 12.2. The van der Waals surface area contributed by atoms with Crippen molar-refractivity contribution in [3.05, 3.63) is 65.8 Å². The first-order valence-corrected chi connectivity index (χ1v) is 9.57. The van der Waals surface area contributed by atoms with Crippen LogP contribution in [0.15, 0.2) is 60.2 Å². The fourth-order valence-electron chi connectivity index (χ4n) is 2.90. The zero-order valence-electron chi connectivity index (χ0n) is 14.7. The van der Waals surface area contributed by atoms with E-state index in [0.717, 1.165) is 28.0 Å². The molecule has 0 spiro atoms. The smallest absolute Gasteiger partial charge is 0.162 e. The van der Waals surface area contributed by atoms with Crippen LogP contribution in [0.2, 0.25) is 0 Å². The molecule has 0 unspecified atom stereocenters. The maximum Gasteiger partial charge on any atom is 0.162 e. The highest BCUT2D eigenvalue weighted by Crippen LogP contribution is 2.33. The molecule has 3 heterocycles. The third-order valence-corrected chi connectivity index (χ3v) is 5.25. The summed E-state index contributed by atoms with van der Waals surface area (Å²) in [4.78, 5) is 13.4. The number of nitrogens with zero attached hydrogens (tertiary/aromatic N) is 3. The summed E-state index contributed by atoms with van der Waals surface area (Å²) in [7, 11) is 0. The molecule has 4 aromatic rings. The Morgan fingerprint density at radius 1 is 1.04 bits per heavy atom. The fourth-order valence-corrected chi connectivity index (χ4v) is 3.76. The van der Waals surface area contributed by atoms with Crippen molar-refractivity contribution in [1.82, 2.24) is 15.0 Å². The van der Waals surface area contributed by atoms with E-state index in [2.05, 4.69) is 27.4 Å². The summed E-state index contributed by atoms with van der Waals surface area (Å²) in [5.41, 5.74) is 16.0. The molecule has 0 amide bonds. The molecule has 6 nitrogen and oxygen atoms in total. The first-order valence-electron chi connectivity index (χ1n) is 8.69. The number of pyridine rings is 1. The number of thiophene rings is 1. The summed E-state index contributed by atoms with van der Waals surface area (Å²) >= 11 is 1.53. The fraction of sp³-hybridized carbons (Fsp3) is 0.150. The number of anilines is 2. The Hall–Kier alpha value is -3.03. The third kappa shape index (κ3) is 3.89. The lowest BCUT2D eigenvalue weighted by molar-refractivity contribution is 0.698. The molecule has 7 heteroatoms. The summed E-state index contributed by atoms with van der Waals surface area (Å²) in [6.45, 7) is 0.606. The minimum Gasteiger partial charge on any atom is -0.396 e. The standard InChI is InChI=1S/C20H20N6S/c21-15(10-13-4-2-1-3-5-13)11-24-20-18-17(16(22)12-27-18)25-19(26-20)14-6-8-23-9-7-14/h1-9,12,15H,10-11,21-22H2,(H,24,25,26)/t15-/m0/s1. The van der Waals surface area contributed by atoms with E-state index in [1.54, 1.807) is 12.4 Å². The molecule has 0 fully saturated rings. The first-order chi connectivity index (χ1) is 13.2. The molecule has 136 valence electrons. The van der Waals surface area contributed by atoms with Crippen LogP contribution < -0.4 is 16.8 Å². The van der Waals surface area contributed by atoms with E-state index in [1.807, 2.05) is 35.7 Å². The van der Waals surface area contributed by atoms with Crippen LogP contribution in [0.4, 0.5) is 11.5 Å². The van der Waals surface area contributed by atoms with Crippen LogP contribution >= 0.6 is 11.3 Å². The lowest BCUT2D eigenvalue weighted by Gasteiger charge is -2.14. The Bertz CT molecular complexity index is 1030. The van der Waals surface area contributed by atoms with Crippen molar-refractivity contribution in [2.24, 2.45) is 5.73 Å². The van der Waals surface area contributed by atoms with Crippen LogP contribution in [0.25, 0.3) is 21.6 Å². The second-order valence-electron chi connectivity index (χ2n) is 6.33. The number of hydrogen-bond acceptors (Lipinski definition) is 7. The number of nitrogens with one attached hydrogen (secondary N) is 1. The van der Waals surface area contributed by atoms with E-state index in [4.69, 9.17) is 16.5 Å². The lowest BCUT2D eigenvalue weighted by Crippen LogP contribution is -2.31. The molecular formula is C20H20N6S. The van der Waals surface area contributed by atoms with E-state index in [0.29, 0.717) is 18.1 Å². The molecule has 5 N–H and O–H groups in total. The van der Waals surface area contributed by atoms with Crippen molar-refractivity contribution < 1.29 is 0 Å². The minimum atomic E-state index is -0.0286. The van der Waals surface area contributed by atoms with Crippen molar-refractivity contribution in [3.8, 4) is 11.4 Å². The summed E-state index contributed by atoms with van der Waals surface area (Å²) in [6, 6.07) is 14.0. The SMILES string of the molecule is Nc1csc2c(NC[C@@H](N)Cc3ccccc3)nc(-c3ccncc3)nc12. The zero-order valence-corrected chi connectivity index (χ0v) is 15.5. The number of benzene rings is 1. The van der Waals surface area contributed by atoms with Gasteiger partial charge in [0.05, 0.1) is 10.4 Å².